The maximum absolute atomic E-state index is 11.4. The molecule has 96 valence electrons. The number of hydrogen-bond donors (Lipinski definition) is 0. The third kappa shape index (κ3) is 6.56. The van der Waals surface area contributed by atoms with Crippen LogP contribution in [0.5, 0.6) is 0 Å². The van der Waals surface area contributed by atoms with Crippen molar-refractivity contribution in [1.29, 1.82) is 0 Å². The van der Waals surface area contributed by atoms with Gasteiger partial charge < -0.3 is 9.47 Å². The van der Waals surface area contributed by atoms with Crippen molar-refractivity contribution in [1.82, 2.24) is 0 Å². The molecule has 0 saturated heterocycles. The summed E-state index contributed by atoms with van der Waals surface area (Å²) in [5.41, 5.74) is 0.501. The molecule has 0 aromatic carbocycles. The van der Waals surface area contributed by atoms with E-state index >= 15 is 0 Å². The van der Waals surface area contributed by atoms with Gasteiger partial charge >= 0.3 is 11.9 Å². The summed E-state index contributed by atoms with van der Waals surface area (Å²) in [5.74, 6) is -0.939. The van der Waals surface area contributed by atoms with E-state index in [2.05, 4.69) is 6.58 Å². The lowest BCUT2D eigenvalue weighted by molar-refractivity contribution is -0.139. The Balaban J connectivity index is 4.31. The van der Waals surface area contributed by atoms with Gasteiger partial charge in [0.25, 0.3) is 0 Å². The molecule has 0 aliphatic heterocycles. The van der Waals surface area contributed by atoms with Crippen LogP contribution in [0, 0.1) is 0 Å². The van der Waals surface area contributed by atoms with Gasteiger partial charge in [-0.15, -0.1) is 0 Å². The van der Waals surface area contributed by atoms with Gasteiger partial charge in [0.15, 0.2) is 0 Å². The summed E-state index contributed by atoms with van der Waals surface area (Å²) >= 11 is 0. The van der Waals surface area contributed by atoms with Crippen LogP contribution in [0.1, 0.15) is 33.6 Å². The maximum Gasteiger partial charge on any atom is 0.337 e. The van der Waals surface area contributed by atoms with Gasteiger partial charge in [0.2, 0.25) is 0 Å². The molecule has 0 bridgehead atoms. The first-order chi connectivity index (χ1) is 8.02. The summed E-state index contributed by atoms with van der Waals surface area (Å²) in [6, 6.07) is 0. The Bertz CT molecular complexity index is 315. The minimum Gasteiger partial charge on any atom is -0.462 e. The molecule has 0 fully saturated rings. The van der Waals surface area contributed by atoms with Crippen LogP contribution in [0.4, 0.5) is 0 Å². The largest absolute Gasteiger partial charge is 0.462 e. The smallest absolute Gasteiger partial charge is 0.337 e. The van der Waals surface area contributed by atoms with Crippen LogP contribution < -0.4 is 0 Å². The Kier molecular flexibility index (Phi) is 7.76. The molecule has 17 heavy (non-hydrogen) atoms. The molecule has 0 radical (unpaired) electrons. The molecule has 0 spiro atoms. The van der Waals surface area contributed by atoms with Crippen LogP contribution in [0.25, 0.3) is 0 Å². The second kappa shape index (κ2) is 8.56. The van der Waals surface area contributed by atoms with Gasteiger partial charge in [-0.25, -0.2) is 9.59 Å². The van der Waals surface area contributed by atoms with E-state index in [1.54, 1.807) is 6.92 Å². The molecule has 0 saturated carbocycles. The summed E-state index contributed by atoms with van der Waals surface area (Å²) in [6.45, 7) is 9.67. The van der Waals surface area contributed by atoms with Crippen molar-refractivity contribution >= 4 is 11.9 Å². The first-order valence-corrected chi connectivity index (χ1v) is 5.74. The molecule has 0 unspecified atom stereocenters. The average Bonchev–Trinajstić information content (AvgIpc) is 2.32. The lowest BCUT2D eigenvalue weighted by Gasteiger charge is -2.05. The molecular weight excluding hydrogens is 220 g/mol. The summed E-state index contributed by atoms with van der Waals surface area (Å²) in [6.07, 6.45) is 2.90. The fraction of sp³-hybridized carbons (Fsp3) is 0.538. The molecule has 0 amide bonds. The summed E-state index contributed by atoms with van der Waals surface area (Å²) in [7, 11) is 0. The van der Waals surface area contributed by atoms with Gasteiger partial charge in [0.05, 0.1) is 18.8 Å². The first-order valence-electron chi connectivity index (χ1n) is 5.74. The van der Waals surface area contributed by atoms with Crippen LogP contribution in [-0.4, -0.2) is 25.2 Å². The maximum atomic E-state index is 11.4. The average molecular weight is 240 g/mol. The second-order valence-electron chi connectivity index (χ2n) is 3.62. The standard InChI is InChI=1S/C13H20O4/c1-5-7-16-12(14)10(3)9-11(4)13(15)17-8-6-2/h9H,3,5-8H2,1-2,4H3/b11-9+. The Morgan fingerprint density at radius 2 is 1.53 bits per heavy atom. The fourth-order valence-electron chi connectivity index (χ4n) is 0.975. The fourth-order valence-corrected chi connectivity index (χ4v) is 0.975. The molecule has 0 aliphatic carbocycles. The zero-order valence-corrected chi connectivity index (χ0v) is 10.7. The minimum atomic E-state index is -0.505. The Labute approximate surface area is 102 Å². The lowest BCUT2D eigenvalue weighted by atomic mass is 10.2. The third-order valence-electron chi connectivity index (χ3n) is 1.85. The van der Waals surface area contributed by atoms with Crippen LogP contribution in [0.15, 0.2) is 23.8 Å². The Hall–Kier alpha value is -1.58. The molecule has 0 rings (SSSR count). The highest BCUT2D eigenvalue weighted by Crippen LogP contribution is 2.05. The molecular formula is C13H20O4. The van der Waals surface area contributed by atoms with Crippen LogP contribution in [-0.2, 0) is 19.1 Å². The Morgan fingerprint density at radius 3 is 2.00 bits per heavy atom. The SMILES string of the molecule is C=C(/C=C(\C)C(=O)OCCC)C(=O)OCCC. The number of esters is 2. The summed E-state index contributed by atoms with van der Waals surface area (Å²) in [5, 5.41) is 0. The van der Waals surface area contributed by atoms with E-state index in [9.17, 15) is 9.59 Å². The van der Waals surface area contributed by atoms with E-state index in [0.717, 1.165) is 12.8 Å². The molecule has 0 heterocycles. The van der Waals surface area contributed by atoms with Crippen molar-refractivity contribution in [3.63, 3.8) is 0 Å². The van der Waals surface area contributed by atoms with Gasteiger partial charge in [-0.1, -0.05) is 20.4 Å². The van der Waals surface area contributed by atoms with Crippen molar-refractivity contribution < 1.29 is 19.1 Å². The zero-order chi connectivity index (χ0) is 13.3. The quantitative estimate of drug-likeness (QED) is 0.389. The number of rotatable bonds is 7. The van der Waals surface area contributed by atoms with Crippen LogP contribution in [0.3, 0.4) is 0 Å². The monoisotopic (exact) mass is 240 g/mol. The van der Waals surface area contributed by atoms with Gasteiger partial charge in [-0.2, -0.15) is 0 Å². The van der Waals surface area contributed by atoms with E-state index in [4.69, 9.17) is 9.47 Å². The second-order valence-corrected chi connectivity index (χ2v) is 3.62. The van der Waals surface area contributed by atoms with Gasteiger partial charge in [0.1, 0.15) is 0 Å². The molecule has 0 N–H and O–H groups in total. The Morgan fingerprint density at radius 1 is 1.06 bits per heavy atom. The summed E-state index contributed by atoms with van der Waals surface area (Å²) in [4.78, 5) is 22.7. The van der Waals surface area contributed by atoms with E-state index in [-0.39, 0.29) is 5.57 Å². The van der Waals surface area contributed by atoms with Gasteiger partial charge in [-0.3, -0.25) is 0 Å². The molecule has 0 aromatic heterocycles. The van der Waals surface area contributed by atoms with Gasteiger partial charge in [0, 0.05) is 5.57 Å². The van der Waals surface area contributed by atoms with Crippen molar-refractivity contribution in [3.8, 4) is 0 Å². The van der Waals surface area contributed by atoms with E-state index in [0.29, 0.717) is 18.8 Å². The minimum absolute atomic E-state index is 0.157. The molecule has 0 aromatic rings. The number of ether oxygens (including phenoxy) is 2. The highest BCUT2D eigenvalue weighted by molar-refractivity contribution is 5.95. The van der Waals surface area contributed by atoms with Crippen molar-refractivity contribution in [2.24, 2.45) is 0 Å². The lowest BCUT2D eigenvalue weighted by Crippen LogP contribution is -2.10. The summed E-state index contributed by atoms with van der Waals surface area (Å²) < 4.78 is 9.79. The van der Waals surface area contributed by atoms with Crippen LogP contribution >= 0.6 is 0 Å². The highest BCUT2D eigenvalue weighted by atomic mass is 16.5. The molecule has 0 aliphatic rings. The topological polar surface area (TPSA) is 52.6 Å². The van der Waals surface area contributed by atoms with Crippen molar-refractivity contribution in [2.45, 2.75) is 33.6 Å². The number of hydrogen-bond acceptors (Lipinski definition) is 4. The number of carbonyl (C=O) groups is 2. The van der Waals surface area contributed by atoms with E-state index in [1.807, 2.05) is 13.8 Å². The first kappa shape index (κ1) is 15.4. The molecule has 4 heteroatoms. The van der Waals surface area contributed by atoms with Crippen LogP contribution in [0.2, 0.25) is 0 Å². The van der Waals surface area contributed by atoms with Crippen molar-refractivity contribution in [3.05, 3.63) is 23.8 Å². The van der Waals surface area contributed by atoms with Gasteiger partial charge in [-0.05, 0) is 25.8 Å². The number of carbonyl (C=O) groups excluding carboxylic acids is 2. The highest BCUT2D eigenvalue weighted by Gasteiger charge is 2.10. The molecule has 0 atom stereocenters. The predicted octanol–water partition coefficient (Wildman–Crippen LogP) is 2.40. The van der Waals surface area contributed by atoms with E-state index in [1.165, 1.54) is 6.08 Å². The van der Waals surface area contributed by atoms with Crippen molar-refractivity contribution in [2.75, 3.05) is 13.2 Å². The predicted molar refractivity (Wildman–Crippen MR) is 65.4 cm³/mol. The zero-order valence-electron chi connectivity index (χ0n) is 10.7. The molecule has 4 nitrogen and oxygen atoms in total. The van der Waals surface area contributed by atoms with E-state index < -0.39 is 11.9 Å². The third-order valence-corrected chi connectivity index (χ3v) is 1.85. The normalized spacial score (nSPS) is 10.9.